The Balaban J connectivity index is 1.69. The number of amides is 3. The minimum Gasteiger partial charge on any atom is -0.444 e. The number of halogens is 6. The number of methoxy groups -OCH3 is 1. The van der Waals surface area contributed by atoms with E-state index in [0.717, 1.165) is 24.5 Å². The van der Waals surface area contributed by atoms with Gasteiger partial charge in [-0.25, -0.2) is 23.6 Å². The van der Waals surface area contributed by atoms with Crippen molar-refractivity contribution in [2.75, 3.05) is 12.4 Å². The number of imidazole rings is 1. The molecule has 1 aliphatic heterocycles. The van der Waals surface area contributed by atoms with Crippen molar-refractivity contribution in [3.8, 4) is 0 Å². The summed E-state index contributed by atoms with van der Waals surface area (Å²) in [5.74, 6) is -4.85. The average Bonchev–Trinajstić information content (AvgIpc) is 3.35. The number of aliphatic imine (C=N–C) groups is 1. The van der Waals surface area contributed by atoms with Crippen molar-refractivity contribution in [1.29, 1.82) is 0 Å². The molecule has 3 amide bonds. The number of rotatable bonds is 6. The third kappa shape index (κ3) is 7.94. The lowest BCUT2D eigenvalue weighted by Crippen LogP contribution is -2.60. The Bertz CT molecular complexity index is 1520. The average molecular weight is 677 g/mol. The number of guanidine groups is 1. The molecule has 3 atom stereocenters. The van der Waals surface area contributed by atoms with Gasteiger partial charge in [-0.05, 0) is 40.2 Å². The van der Waals surface area contributed by atoms with Gasteiger partial charge in [-0.3, -0.25) is 19.8 Å². The molecule has 1 saturated carbocycles. The van der Waals surface area contributed by atoms with Crippen LogP contribution in [0, 0.1) is 0 Å². The van der Waals surface area contributed by atoms with Crippen LogP contribution in [0.2, 0.25) is 5.02 Å². The number of alkyl halides is 5. The van der Waals surface area contributed by atoms with Crippen molar-refractivity contribution in [2.45, 2.75) is 95.3 Å². The number of hydrogen-bond donors (Lipinski definition) is 2. The van der Waals surface area contributed by atoms with Crippen LogP contribution in [0.3, 0.4) is 0 Å². The van der Waals surface area contributed by atoms with Gasteiger partial charge in [0.15, 0.2) is 0 Å². The van der Waals surface area contributed by atoms with Gasteiger partial charge in [-0.2, -0.15) is 13.2 Å². The van der Waals surface area contributed by atoms with Gasteiger partial charge in [0.2, 0.25) is 11.9 Å². The van der Waals surface area contributed by atoms with E-state index in [0.29, 0.717) is 4.57 Å². The highest BCUT2D eigenvalue weighted by molar-refractivity contribution is 6.35. The summed E-state index contributed by atoms with van der Waals surface area (Å²) in [4.78, 5) is 49.1. The Morgan fingerprint density at radius 2 is 1.87 bits per heavy atom. The van der Waals surface area contributed by atoms with E-state index in [4.69, 9.17) is 21.1 Å². The molecule has 1 aromatic heterocycles. The van der Waals surface area contributed by atoms with Gasteiger partial charge >= 0.3 is 12.3 Å². The summed E-state index contributed by atoms with van der Waals surface area (Å²) in [7, 11) is 1.15. The fraction of sp³-hybridized carbons (Fsp3) is 0.552. The second-order valence-electron chi connectivity index (χ2n) is 12.3. The maximum Gasteiger partial charge on any atom is 0.414 e. The standard InChI is InChI=1S/C29H34ClF5N6O5/c1-26(2,3)46-25(44)38-24-39-27(4,12-21(42)41(24)16-9-10-28(31,32)20(11-16)45-5)17-7-6-8-18(22(17)30)37-23(43)19-13-36-15-40(19)14-29(33,34)35/h6-8,13,15-16,20H,9-12,14H2,1-5H3,(H,37,43)(H,38,39,44)/t16?,20?,27-/m0/s1. The normalized spacial score (nSPS) is 23.5. The van der Waals surface area contributed by atoms with Gasteiger partial charge in [0.05, 0.1) is 35.2 Å². The molecule has 46 heavy (non-hydrogen) atoms. The van der Waals surface area contributed by atoms with Crippen LogP contribution in [0.1, 0.15) is 69.4 Å². The molecule has 0 saturated heterocycles. The van der Waals surface area contributed by atoms with Crippen LogP contribution in [-0.4, -0.2) is 75.3 Å². The van der Waals surface area contributed by atoms with E-state index in [9.17, 15) is 36.3 Å². The van der Waals surface area contributed by atoms with E-state index >= 15 is 0 Å². The highest BCUT2D eigenvalue weighted by atomic mass is 35.5. The fourth-order valence-electron chi connectivity index (χ4n) is 5.46. The van der Waals surface area contributed by atoms with Gasteiger partial charge in [-0.1, -0.05) is 23.7 Å². The van der Waals surface area contributed by atoms with Crippen molar-refractivity contribution >= 4 is 41.2 Å². The van der Waals surface area contributed by atoms with Crippen LogP contribution < -0.4 is 10.6 Å². The highest BCUT2D eigenvalue weighted by Gasteiger charge is 2.50. The van der Waals surface area contributed by atoms with Crippen LogP contribution in [0.5, 0.6) is 0 Å². The van der Waals surface area contributed by atoms with Gasteiger partial charge in [0.25, 0.3) is 11.8 Å². The molecule has 252 valence electrons. The molecule has 0 bridgehead atoms. The van der Waals surface area contributed by atoms with Crippen LogP contribution in [0.15, 0.2) is 35.7 Å². The van der Waals surface area contributed by atoms with E-state index in [1.807, 2.05) is 0 Å². The zero-order valence-corrected chi connectivity index (χ0v) is 26.4. The van der Waals surface area contributed by atoms with E-state index in [1.54, 1.807) is 27.7 Å². The molecular formula is C29H34ClF5N6O5. The van der Waals surface area contributed by atoms with Crippen LogP contribution in [0.25, 0.3) is 0 Å². The molecule has 1 fully saturated rings. The lowest BCUT2D eigenvalue weighted by Gasteiger charge is -2.44. The number of nitrogens with zero attached hydrogens (tertiary/aromatic N) is 4. The quantitative estimate of drug-likeness (QED) is 0.368. The SMILES string of the molecule is COC1CC(N2C(=O)C[C@@](C)(c3cccc(NC(=O)c4cncn4CC(F)(F)F)c3Cl)N=C2NC(=O)OC(C)(C)C)CCC1(F)F. The summed E-state index contributed by atoms with van der Waals surface area (Å²) in [6.45, 7) is 5.00. The third-order valence-electron chi connectivity index (χ3n) is 7.50. The predicted octanol–water partition coefficient (Wildman–Crippen LogP) is 5.88. The first-order chi connectivity index (χ1) is 21.2. The number of hydrogen-bond acceptors (Lipinski definition) is 7. The van der Waals surface area contributed by atoms with Crippen LogP contribution in [0.4, 0.5) is 32.4 Å². The van der Waals surface area contributed by atoms with Crippen molar-refractivity contribution in [3.63, 3.8) is 0 Å². The molecule has 11 nitrogen and oxygen atoms in total. The maximum absolute atomic E-state index is 14.5. The number of carbonyl (C=O) groups is 3. The zero-order chi connectivity index (χ0) is 34.2. The molecule has 1 aliphatic carbocycles. The van der Waals surface area contributed by atoms with E-state index in [2.05, 4.69) is 20.6 Å². The Morgan fingerprint density at radius 1 is 1.17 bits per heavy atom. The fourth-order valence-corrected chi connectivity index (χ4v) is 5.84. The summed E-state index contributed by atoms with van der Waals surface area (Å²) >= 11 is 6.70. The van der Waals surface area contributed by atoms with Gasteiger partial charge in [-0.15, -0.1) is 0 Å². The maximum atomic E-state index is 14.5. The van der Waals surface area contributed by atoms with Crippen LogP contribution in [-0.2, 0) is 26.4 Å². The Kier molecular flexibility index (Phi) is 9.74. The Hall–Kier alpha value is -3.79. The molecule has 2 N–H and O–H groups in total. The summed E-state index contributed by atoms with van der Waals surface area (Å²) in [6.07, 6.45) is -6.38. The first-order valence-electron chi connectivity index (χ1n) is 14.2. The molecule has 2 unspecified atom stereocenters. The van der Waals surface area contributed by atoms with Gasteiger partial charge in [0.1, 0.15) is 23.9 Å². The second kappa shape index (κ2) is 12.8. The predicted molar refractivity (Wildman–Crippen MR) is 157 cm³/mol. The summed E-state index contributed by atoms with van der Waals surface area (Å²) in [5.41, 5.74) is -2.50. The summed E-state index contributed by atoms with van der Waals surface area (Å²) < 4.78 is 78.9. The lowest BCUT2D eigenvalue weighted by atomic mass is 9.84. The van der Waals surface area contributed by atoms with E-state index in [1.165, 1.54) is 18.2 Å². The molecule has 1 aromatic carbocycles. The second-order valence-corrected chi connectivity index (χ2v) is 12.7. The molecule has 4 rings (SSSR count). The molecule has 17 heteroatoms. The summed E-state index contributed by atoms with van der Waals surface area (Å²) in [6, 6.07) is 3.64. The number of aromatic nitrogens is 2. The van der Waals surface area contributed by atoms with Crippen molar-refractivity contribution in [3.05, 3.63) is 47.0 Å². The molecular weight excluding hydrogens is 643 g/mol. The van der Waals surface area contributed by atoms with Crippen molar-refractivity contribution < 1.29 is 45.8 Å². The zero-order valence-electron chi connectivity index (χ0n) is 25.7. The van der Waals surface area contributed by atoms with E-state index in [-0.39, 0.29) is 47.2 Å². The molecule has 2 heterocycles. The topological polar surface area (TPSA) is 127 Å². The number of benzene rings is 1. The van der Waals surface area contributed by atoms with Gasteiger partial charge in [0, 0.05) is 31.6 Å². The molecule has 0 spiro atoms. The number of ether oxygens (including phenoxy) is 2. The van der Waals surface area contributed by atoms with E-state index < -0.39 is 66.3 Å². The van der Waals surface area contributed by atoms with Crippen molar-refractivity contribution in [2.24, 2.45) is 4.99 Å². The smallest absolute Gasteiger partial charge is 0.414 e. The minimum absolute atomic E-state index is 0.00864. The minimum atomic E-state index is -4.60. The Morgan fingerprint density at radius 3 is 2.50 bits per heavy atom. The summed E-state index contributed by atoms with van der Waals surface area (Å²) in [5, 5.41) is 4.90. The first-order valence-corrected chi connectivity index (χ1v) is 14.6. The largest absolute Gasteiger partial charge is 0.444 e. The monoisotopic (exact) mass is 676 g/mol. The lowest BCUT2D eigenvalue weighted by molar-refractivity contribution is -0.160. The van der Waals surface area contributed by atoms with Gasteiger partial charge < -0.3 is 19.4 Å². The number of anilines is 1. The number of carbonyl (C=O) groups excluding carboxylic acids is 3. The third-order valence-corrected chi connectivity index (χ3v) is 7.90. The molecule has 0 radical (unpaired) electrons. The molecule has 2 aliphatic rings. The van der Waals surface area contributed by atoms with Crippen LogP contribution >= 0.6 is 11.6 Å². The first kappa shape index (κ1) is 35.1. The number of alkyl carbamates (subject to hydrolysis) is 1. The Labute approximate surface area is 266 Å². The highest BCUT2D eigenvalue weighted by Crippen LogP contribution is 2.43. The number of nitrogens with one attached hydrogen (secondary N) is 2. The molecule has 2 aromatic rings. The van der Waals surface area contributed by atoms with Crippen molar-refractivity contribution in [1.82, 2.24) is 19.8 Å².